The lowest BCUT2D eigenvalue weighted by Crippen LogP contribution is -2.45. The maximum Gasteiger partial charge on any atom is 0.310 e. The molecule has 0 unspecified atom stereocenters. The van der Waals surface area contributed by atoms with E-state index in [2.05, 4.69) is 11.6 Å². The van der Waals surface area contributed by atoms with Crippen molar-refractivity contribution in [2.24, 2.45) is 11.3 Å². The average molecular weight is 317 g/mol. The molecule has 1 saturated carbocycles. The molecule has 0 spiro atoms. The van der Waals surface area contributed by atoms with E-state index in [-0.39, 0.29) is 10.8 Å². The van der Waals surface area contributed by atoms with Crippen molar-refractivity contribution in [1.29, 1.82) is 0 Å². The summed E-state index contributed by atoms with van der Waals surface area (Å²) in [5.41, 5.74) is -0.961. The van der Waals surface area contributed by atoms with Gasteiger partial charge in [-0.3, -0.25) is 4.79 Å². The highest BCUT2D eigenvalue weighted by molar-refractivity contribution is 7.91. The second kappa shape index (κ2) is 5.83. The predicted octanol–water partition coefficient (Wildman–Crippen LogP) is 2.31. The zero-order valence-electron chi connectivity index (χ0n) is 11.3. The Balaban J connectivity index is 2.09. The molecule has 5 nitrogen and oxygen atoms in total. The first kappa shape index (κ1) is 15.5. The van der Waals surface area contributed by atoms with Crippen LogP contribution in [0.3, 0.4) is 0 Å². The first-order valence-electron chi connectivity index (χ1n) is 6.62. The molecule has 1 aliphatic carbocycles. The van der Waals surface area contributed by atoms with Gasteiger partial charge in [0.15, 0.2) is 0 Å². The summed E-state index contributed by atoms with van der Waals surface area (Å²) >= 11 is 1.13. The maximum absolute atomic E-state index is 12.1. The molecule has 2 rings (SSSR count). The molecular weight excluding hydrogens is 298 g/mol. The Morgan fingerprint density at radius 3 is 2.65 bits per heavy atom. The van der Waals surface area contributed by atoms with Crippen LogP contribution < -0.4 is 4.72 Å². The molecule has 1 fully saturated rings. The summed E-state index contributed by atoms with van der Waals surface area (Å²) in [4.78, 5) is 11.6. The smallest absolute Gasteiger partial charge is 0.310 e. The molecule has 0 radical (unpaired) electrons. The third-order valence-corrected chi connectivity index (χ3v) is 6.84. The molecule has 7 heteroatoms. The minimum atomic E-state index is -3.60. The molecule has 1 aliphatic rings. The molecule has 2 N–H and O–H groups in total. The van der Waals surface area contributed by atoms with Crippen LogP contribution in [-0.4, -0.2) is 26.0 Å². The van der Waals surface area contributed by atoms with Crippen LogP contribution in [0.1, 0.15) is 32.6 Å². The van der Waals surface area contributed by atoms with E-state index in [4.69, 9.17) is 0 Å². The number of thiophene rings is 1. The predicted molar refractivity (Wildman–Crippen MR) is 77.2 cm³/mol. The van der Waals surface area contributed by atoms with Crippen LogP contribution >= 0.6 is 11.3 Å². The molecule has 0 amide bonds. The molecule has 0 saturated heterocycles. The summed E-state index contributed by atoms with van der Waals surface area (Å²) in [6.45, 7) is 2.07. The Morgan fingerprint density at radius 1 is 1.50 bits per heavy atom. The minimum absolute atomic E-state index is 0.0325. The van der Waals surface area contributed by atoms with Crippen LogP contribution in [0.15, 0.2) is 21.7 Å². The first-order chi connectivity index (χ1) is 9.36. The zero-order chi connectivity index (χ0) is 14.8. The van der Waals surface area contributed by atoms with Gasteiger partial charge in [0, 0.05) is 6.54 Å². The molecule has 0 atom stereocenters. The van der Waals surface area contributed by atoms with Gasteiger partial charge in [0.05, 0.1) is 5.41 Å². The number of aliphatic carboxylic acids is 1. The van der Waals surface area contributed by atoms with Crippen molar-refractivity contribution in [3.8, 4) is 0 Å². The van der Waals surface area contributed by atoms with E-state index < -0.39 is 21.4 Å². The minimum Gasteiger partial charge on any atom is -0.481 e. The zero-order valence-corrected chi connectivity index (χ0v) is 13.0. The van der Waals surface area contributed by atoms with Crippen LogP contribution in [0.4, 0.5) is 0 Å². The van der Waals surface area contributed by atoms with Crippen LogP contribution in [0, 0.1) is 11.3 Å². The highest BCUT2D eigenvalue weighted by atomic mass is 32.2. The Morgan fingerprint density at radius 2 is 2.15 bits per heavy atom. The standard InChI is InChI=1S/C13H19NO4S2/c1-10-4-6-13(7-5-10,12(15)16)9-14-20(17,18)11-3-2-8-19-11/h2-3,8,10,14H,4-7,9H2,1H3,(H,15,16). The number of carboxylic acids is 1. The van der Waals surface area contributed by atoms with E-state index in [1.807, 2.05) is 0 Å². The van der Waals surface area contributed by atoms with Crippen molar-refractivity contribution >= 4 is 27.3 Å². The van der Waals surface area contributed by atoms with Crippen molar-refractivity contribution < 1.29 is 18.3 Å². The van der Waals surface area contributed by atoms with E-state index >= 15 is 0 Å². The molecule has 112 valence electrons. The monoisotopic (exact) mass is 317 g/mol. The summed E-state index contributed by atoms with van der Waals surface area (Å²) in [7, 11) is -3.60. The number of carboxylic acid groups (broad SMARTS) is 1. The fourth-order valence-corrected chi connectivity index (χ4v) is 4.67. The number of hydrogen-bond donors (Lipinski definition) is 2. The van der Waals surface area contributed by atoms with Gasteiger partial charge in [-0.15, -0.1) is 11.3 Å². The molecule has 0 aromatic carbocycles. The number of sulfonamides is 1. The summed E-state index contributed by atoms with van der Waals surface area (Å²) in [6.07, 6.45) is 2.70. The number of nitrogens with one attached hydrogen (secondary N) is 1. The molecular formula is C13H19NO4S2. The van der Waals surface area contributed by atoms with Crippen molar-refractivity contribution in [1.82, 2.24) is 4.72 Å². The molecule has 1 aromatic heterocycles. The first-order valence-corrected chi connectivity index (χ1v) is 8.99. The van der Waals surface area contributed by atoms with E-state index in [9.17, 15) is 18.3 Å². The topological polar surface area (TPSA) is 83.5 Å². The van der Waals surface area contributed by atoms with Gasteiger partial charge in [0.2, 0.25) is 10.0 Å². The average Bonchev–Trinajstić information content (AvgIpc) is 2.93. The molecule has 1 heterocycles. The lowest BCUT2D eigenvalue weighted by molar-refractivity contribution is -0.151. The fourth-order valence-electron chi connectivity index (χ4n) is 2.50. The van der Waals surface area contributed by atoms with Gasteiger partial charge < -0.3 is 5.11 Å². The van der Waals surface area contributed by atoms with Crippen molar-refractivity contribution in [2.75, 3.05) is 6.54 Å². The normalized spacial score (nSPS) is 27.4. The van der Waals surface area contributed by atoms with Crippen molar-refractivity contribution in [2.45, 2.75) is 36.8 Å². The van der Waals surface area contributed by atoms with Crippen LogP contribution in [0.5, 0.6) is 0 Å². The lowest BCUT2D eigenvalue weighted by atomic mass is 9.71. The molecule has 1 aromatic rings. The number of carbonyl (C=O) groups is 1. The van der Waals surface area contributed by atoms with Crippen LogP contribution in [0.2, 0.25) is 0 Å². The van der Waals surface area contributed by atoms with Gasteiger partial charge in [0.25, 0.3) is 0 Å². The maximum atomic E-state index is 12.1. The molecule has 20 heavy (non-hydrogen) atoms. The van der Waals surface area contributed by atoms with E-state index in [1.165, 1.54) is 6.07 Å². The summed E-state index contributed by atoms with van der Waals surface area (Å²) in [6, 6.07) is 3.18. The second-order valence-electron chi connectivity index (χ2n) is 5.52. The van der Waals surface area contributed by atoms with Gasteiger partial charge in [-0.1, -0.05) is 13.0 Å². The van der Waals surface area contributed by atoms with Gasteiger partial charge in [-0.05, 0) is 43.0 Å². The van der Waals surface area contributed by atoms with Crippen molar-refractivity contribution in [3.05, 3.63) is 17.5 Å². The van der Waals surface area contributed by atoms with E-state index in [0.717, 1.165) is 24.2 Å². The fraction of sp³-hybridized carbons (Fsp3) is 0.615. The highest BCUT2D eigenvalue weighted by Crippen LogP contribution is 2.39. The second-order valence-corrected chi connectivity index (χ2v) is 8.47. The van der Waals surface area contributed by atoms with Crippen molar-refractivity contribution in [3.63, 3.8) is 0 Å². The van der Waals surface area contributed by atoms with Gasteiger partial charge in [-0.25, -0.2) is 13.1 Å². The van der Waals surface area contributed by atoms with Crippen LogP contribution in [0.25, 0.3) is 0 Å². The third-order valence-electron chi connectivity index (χ3n) is 4.05. The number of rotatable bonds is 5. The lowest BCUT2D eigenvalue weighted by Gasteiger charge is -2.35. The SMILES string of the molecule is CC1CCC(CNS(=O)(=O)c2cccs2)(C(=O)O)CC1. The molecule has 0 bridgehead atoms. The molecule has 0 aliphatic heterocycles. The third kappa shape index (κ3) is 3.21. The quantitative estimate of drug-likeness (QED) is 0.873. The Hall–Kier alpha value is -0.920. The van der Waals surface area contributed by atoms with E-state index in [1.54, 1.807) is 11.4 Å². The Bertz CT molecular complexity index is 557. The van der Waals surface area contributed by atoms with Gasteiger partial charge >= 0.3 is 5.97 Å². The van der Waals surface area contributed by atoms with Gasteiger partial charge in [-0.2, -0.15) is 0 Å². The summed E-state index contributed by atoms with van der Waals surface area (Å²) in [5, 5.41) is 11.2. The van der Waals surface area contributed by atoms with E-state index in [0.29, 0.717) is 18.8 Å². The summed E-state index contributed by atoms with van der Waals surface area (Å²) in [5.74, 6) is -0.394. The van der Waals surface area contributed by atoms with Crippen LogP contribution in [-0.2, 0) is 14.8 Å². The highest BCUT2D eigenvalue weighted by Gasteiger charge is 2.42. The largest absolute Gasteiger partial charge is 0.481 e. The Kier molecular flexibility index (Phi) is 4.51. The summed E-state index contributed by atoms with van der Waals surface area (Å²) < 4.78 is 26.8. The van der Waals surface area contributed by atoms with Gasteiger partial charge in [0.1, 0.15) is 4.21 Å². The Labute approximate surface area is 123 Å². The number of hydrogen-bond acceptors (Lipinski definition) is 4.